The zero-order valence-electron chi connectivity index (χ0n) is 10.2. The van der Waals surface area contributed by atoms with E-state index in [2.05, 4.69) is 0 Å². The van der Waals surface area contributed by atoms with Gasteiger partial charge in [-0.3, -0.25) is 0 Å². The number of anilines is 1. The normalized spacial score (nSPS) is 11.7. The number of benzene rings is 2. The number of ether oxygens (including phenoxy) is 1. The fourth-order valence-corrected chi connectivity index (χ4v) is 1.88. The topological polar surface area (TPSA) is 35.2 Å². The molecule has 0 aliphatic carbocycles. The van der Waals surface area contributed by atoms with Gasteiger partial charge in [0, 0.05) is 22.9 Å². The van der Waals surface area contributed by atoms with Gasteiger partial charge in [0.1, 0.15) is 5.75 Å². The molecule has 2 aromatic carbocycles. The monoisotopic (exact) mass is 269 g/mol. The number of fused-ring (bicyclic) bond motifs is 1. The van der Waals surface area contributed by atoms with Gasteiger partial charge in [0.05, 0.1) is 6.61 Å². The summed E-state index contributed by atoms with van der Waals surface area (Å²) in [6, 6.07) is 10.8. The third-order valence-corrected chi connectivity index (χ3v) is 2.78. The second-order valence-electron chi connectivity index (χ2n) is 4.27. The third kappa shape index (κ3) is 3.53. The molecule has 0 atom stereocenters. The molecular weight excluding hydrogens is 255 g/mol. The lowest BCUT2D eigenvalue weighted by molar-refractivity contribution is -0.136. The summed E-state index contributed by atoms with van der Waals surface area (Å²) >= 11 is 0. The Balaban J connectivity index is 2.07. The van der Waals surface area contributed by atoms with Crippen LogP contribution in [0.5, 0.6) is 5.75 Å². The van der Waals surface area contributed by atoms with Crippen LogP contribution in [0.1, 0.15) is 12.8 Å². The van der Waals surface area contributed by atoms with E-state index in [0.717, 1.165) is 10.8 Å². The number of alkyl halides is 3. The molecule has 2 rings (SSSR count). The van der Waals surface area contributed by atoms with E-state index in [0.29, 0.717) is 11.4 Å². The molecule has 0 bridgehead atoms. The zero-order chi connectivity index (χ0) is 13.9. The lowest BCUT2D eigenvalue weighted by Crippen LogP contribution is -2.09. The van der Waals surface area contributed by atoms with Crippen LogP contribution in [0.3, 0.4) is 0 Å². The molecule has 0 radical (unpaired) electrons. The predicted molar refractivity (Wildman–Crippen MR) is 69.1 cm³/mol. The van der Waals surface area contributed by atoms with Gasteiger partial charge in [-0.15, -0.1) is 0 Å². The van der Waals surface area contributed by atoms with E-state index in [4.69, 9.17) is 10.5 Å². The fraction of sp³-hybridized carbons (Fsp3) is 0.286. The van der Waals surface area contributed by atoms with Crippen LogP contribution in [0.15, 0.2) is 36.4 Å². The Morgan fingerprint density at radius 2 is 1.68 bits per heavy atom. The van der Waals surface area contributed by atoms with E-state index in [-0.39, 0.29) is 13.0 Å². The first-order valence-electron chi connectivity index (χ1n) is 5.94. The first kappa shape index (κ1) is 13.5. The summed E-state index contributed by atoms with van der Waals surface area (Å²) < 4.78 is 41.5. The van der Waals surface area contributed by atoms with Crippen molar-refractivity contribution in [3.05, 3.63) is 36.4 Å². The molecule has 2 nitrogen and oxygen atoms in total. The Morgan fingerprint density at radius 1 is 1.00 bits per heavy atom. The zero-order valence-corrected chi connectivity index (χ0v) is 10.2. The van der Waals surface area contributed by atoms with E-state index in [9.17, 15) is 13.2 Å². The minimum absolute atomic E-state index is 0.0351. The van der Waals surface area contributed by atoms with Crippen molar-refractivity contribution in [2.24, 2.45) is 0 Å². The maximum absolute atomic E-state index is 12.0. The van der Waals surface area contributed by atoms with Crippen LogP contribution in [0.2, 0.25) is 0 Å². The Hall–Kier alpha value is -1.91. The van der Waals surface area contributed by atoms with Crippen LogP contribution in [0.4, 0.5) is 18.9 Å². The van der Waals surface area contributed by atoms with Crippen LogP contribution in [-0.2, 0) is 0 Å². The first-order valence-corrected chi connectivity index (χ1v) is 5.94. The van der Waals surface area contributed by atoms with Gasteiger partial charge in [-0.25, -0.2) is 0 Å². The van der Waals surface area contributed by atoms with Gasteiger partial charge >= 0.3 is 6.18 Å². The van der Waals surface area contributed by atoms with Crippen molar-refractivity contribution in [1.29, 1.82) is 0 Å². The van der Waals surface area contributed by atoms with Gasteiger partial charge in [0.15, 0.2) is 0 Å². The van der Waals surface area contributed by atoms with Crippen molar-refractivity contribution in [2.75, 3.05) is 12.3 Å². The SMILES string of the molecule is Nc1ccc(OCCCC(F)(F)F)c2ccccc12. The predicted octanol–water partition coefficient (Wildman–Crippen LogP) is 4.14. The molecule has 2 N–H and O–H groups in total. The van der Waals surface area contributed by atoms with Crippen LogP contribution in [-0.4, -0.2) is 12.8 Å². The van der Waals surface area contributed by atoms with E-state index in [1.54, 1.807) is 12.1 Å². The van der Waals surface area contributed by atoms with Crippen LogP contribution in [0, 0.1) is 0 Å². The lowest BCUT2D eigenvalue weighted by atomic mass is 10.1. The van der Waals surface area contributed by atoms with Gasteiger partial charge in [-0.05, 0) is 18.6 Å². The van der Waals surface area contributed by atoms with Gasteiger partial charge in [-0.1, -0.05) is 24.3 Å². The smallest absolute Gasteiger partial charge is 0.389 e. The number of nitrogen functional groups attached to an aromatic ring is 1. The molecule has 19 heavy (non-hydrogen) atoms. The quantitative estimate of drug-likeness (QED) is 0.668. The van der Waals surface area contributed by atoms with Gasteiger partial charge < -0.3 is 10.5 Å². The summed E-state index contributed by atoms with van der Waals surface area (Å²) in [6.45, 7) is 0.0351. The molecule has 0 saturated carbocycles. The van der Waals surface area contributed by atoms with Crippen molar-refractivity contribution in [3.8, 4) is 5.75 Å². The molecule has 0 saturated heterocycles. The lowest BCUT2D eigenvalue weighted by Gasteiger charge is -2.11. The van der Waals surface area contributed by atoms with E-state index < -0.39 is 12.6 Å². The largest absolute Gasteiger partial charge is 0.493 e. The standard InChI is InChI=1S/C14H14F3NO/c15-14(16,17)8-3-9-19-13-7-6-12(18)10-4-1-2-5-11(10)13/h1-2,4-7H,3,8-9,18H2. The summed E-state index contributed by atoms with van der Waals surface area (Å²) in [5.74, 6) is 0.562. The van der Waals surface area contributed by atoms with Gasteiger partial charge in [-0.2, -0.15) is 13.2 Å². The summed E-state index contributed by atoms with van der Waals surface area (Å²) in [4.78, 5) is 0. The van der Waals surface area contributed by atoms with Crippen molar-refractivity contribution >= 4 is 16.5 Å². The molecule has 0 aromatic heterocycles. The molecule has 0 aliphatic rings. The molecule has 2 aromatic rings. The maximum Gasteiger partial charge on any atom is 0.389 e. The van der Waals surface area contributed by atoms with Crippen molar-refractivity contribution in [1.82, 2.24) is 0 Å². The Labute approximate surface area is 109 Å². The van der Waals surface area contributed by atoms with Gasteiger partial charge in [0.25, 0.3) is 0 Å². The molecule has 0 spiro atoms. The molecule has 0 fully saturated rings. The maximum atomic E-state index is 12.0. The Kier molecular flexibility index (Phi) is 3.83. The Morgan fingerprint density at radius 3 is 2.37 bits per heavy atom. The molecule has 102 valence electrons. The molecule has 0 amide bonds. The highest BCUT2D eigenvalue weighted by Crippen LogP contribution is 2.30. The fourth-order valence-electron chi connectivity index (χ4n) is 1.88. The highest BCUT2D eigenvalue weighted by atomic mass is 19.4. The number of halogens is 3. The molecule has 0 aliphatic heterocycles. The van der Waals surface area contributed by atoms with Crippen LogP contribution < -0.4 is 10.5 Å². The van der Waals surface area contributed by atoms with Gasteiger partial charge in [0.2, 0.25) is 0 Å². The second-order valence-corrected chi connectivity index (χ2v) is 4.27. The van der Waals surface area contributed by atoms with Crippen molar-refractivity contribution in [2.45, 2.75) is 19.0 Å². The van der Waals surface area contributed by atoms with E-state index in [1.807, 2.05) is 24.3 Å². The summed E-state index contributed by atoms with van der Waals surface area (Å²) in [5.41, 5.74) is 6.46. The van der Waals surface area contributed by atoms with E-state index >= 15 is 0 Å². The van der Waals surface area contributed by atoms with Crippen LogP contribution in [0.25, 0.3) is 10.8 Å². The van der Waals surface area contributed by atoms with Crippen molar-refractivity contribution < 1.29 is 17.9 Å². The molecular formula is C14H14F3NO. The number of rotatable bonds is 4. The Bertz CT molecular complexity index is 566. The number of nitrogens with two attached hydrogens (primary N) is 1. The minimum atomic E-state index is -4.13. The first-order chi connectivity index (χ1) is 8.97. The molecule has 0 unspecified atom stereocenters. The molecule has 5 heteroatoms. The average Bonchev–Trinajstić information content (AvgIpc) is 2.36. The number of hydrogen-bond donors (Lipinski definition) is 1. The highest BCUT2D eigenvalue weighted by Gasteiger charge is 2.26. The number of hydrogen-bond acceptors (Lipinski definition) is 2. The third-order valence-electron chi connectivity index (χ3n) is 2.78. The van der Waals surface area contributed by atoms with Crippen LogP contribution >= 0.6 is 0 Å². The molecule has 0 heterocycles. The second kappa shape index (κ2) is 5.38. The average molecular weight is 269 g/mol. The van der Waals surface area contributed by atoms with E-state index in [1.165, 1.54) is 0 Å². The minimum Gasteiger partial charge on any atom is -0.493 e. The van der Waals surface area contributed by atoms with Crippen molar-refractivity contribution in [3.63, 3.8) is 0 Å². The highest BCUT2D eigenvalue weighted by molar-refractivity contribution is 5.96. The summed E-state index contributed by atoms with van der Waals surface area (Å²) in [7, 11) is 0. The summed E-state index contributed by atoms with van der Waals surface area (Å²) in [6.07, 6.45) is -5.02. The summed E-state index contributed by atoms with van der Waals surface area (Å²) in [5, 5.41) is 1.66.